The molecular weight excluding hydrogens is 298 g/mol. The number of hydrogen-bond acceptors (Lipinski definition) is 4. The molecule has 0 heterocycles. The smallest absolute Gasteiger partial charge is 0.328 e. The van der Waals surface area contributed by atoms with Crippen LogP contribution < -0.4 is 0 Å². The maximum Gasteiger partial charge on any atom is 0.328 e. The zero-order valence-electron chi connectivity index (χ0n) is 11.0. The zero-order valence-corrected chi connectivity index (χ0v) is 15.8. The van der Waals surface area contributed by atoms with Gasteiger partial charge in [-0.2, -0.15) is 8.42 Å². The fourth-order valence-corrected chi connectivity index (χ4v) is 1.87. The van der Waals surface area contributed by atoms with Gasteiger partial charge < -0.3 is 10.2 Å². The molecule has 1 atom stereocenters. The van der Waals surface area contributed by atoms with Crippen LogP contribution >= 0.6 is 0 Å². The number of allylic oxidation sites excluding steroid dienone is 1. The Hall–Kier alpha value is 0.330. The summed E-state index contributed by atoms with van der Waals surface area (Å²) in [5, 5.41) is 17.1. The molecule has 3 N–H and O–H groups in total. The summed E-state index contributed by atoms with van der Waals surface area (Å²) in [6.07, 6.45) is -0.995. The van der Waals surface area contributed by atoms with Gasteiger partial charge in [-0.1, -0.05) is 6.08 Å². The molecule has 2 radical (unpaired) electrons. The van der Waals surface area contributed by atoms with Crippen molar-refractivity contribution in [2.45, 2.75) is 17.6 Å². The molecule has 0 saturated carbocycles. The Balaban J connectivity index is -0.000000267. The number of carboxylic acids is 2. The molecule has 0 aliphatic rings. The van der Waals surface area contributed by atoms with Crippen LogP contribution in [0.15, 0.2) is 25.8 Å². The first-order chi connectivity index (χ1) is 7.67. The van der Waals surface area contributed by atoms with E-state index in [4.69, 9.17) is 14.8 Å². The van der Waals surface area contributed by atoms with E-state index in [0.29, 0.717) is 0 Å². The minimum Gasteiger partial charge on any atom is -0.481 e. The largest absolute Gasteiger partial charge is 0.481 e. The normalized spacial score (nSPS) is 12.3. The van der Waals surface area contributed by atoms with Crippen LogP contribution in [0.25, 0.3) is 0 Å². The number of aliphatic carboxylic acids is 2. The summed E-state index contributed by atoms with van der Waals surface area (Å²) in [5.41, 5.74) is 0. The first-order valence-electron chi connectivity index (χ1n) is 4.20. The third-order valence-corrected chi connectivity index (χ3v) is 3.27. The third kappa shape index (κ3) is 8.26. The predicted molar refractivity (Wildman–Crippen MR) is 71.7 cm³/mol. The average molecular weight is 312 g/mol. The second kappa shape index (κ2) is 12.1. The summed E-state index contributed by atoms with van der Waals surface area (Å²) < 4.78 is 27.8. The fourth-order valence-electron chi connectivity index (χ4n) is 1.02. The van der Waals surface area contributed by atoms with Crippen LogP contribution in [0.1, 0.15) is 12.8 Å². The van der Waals surface area contributed by atoms with Crippen LogP contribution in [0.4, 0.5) is 0 Å². The minimum absolute atomic E-state index is 0. The summed E-state index contributed by atoms with van der Waals surface area (Å²) in [6.45, 7) is 9.12. The molecule has 0 bridgehead atoms. The van der Waals surface area contributed by atoms with Crippen LogP contribution in [0.5, 0.6) is 0 Å². The fraction of sp³-hybridized carbons (Fsp3) is 0.333. The SMILES string of the molecule is C=C.C=CCC(CC(=O)O)(C(=O)O)S(=O)(=O)O.[Na].[Na]. The molecule has 0 saturated heterocycles. The van der Waals surface area contributed by atoms with Crippen molar-refractivity contribution in [1.29, 1.82) is 0 Å². The Bertz CT molecular complexity index is 407. The monoisotopic (exact) mass is 312 g/mol. The van der Waals surface area contributed by atoms with E-state index in [9.17, 15) is 18.0 Å². The Morgan fingerprint density at radius 2 is 1.53 bits per heavy atom. The predicted octanol–water partition coefficient (Wildman–Crippen LogP) is -0.211. The van der Waals surface area contributed by atoms with Crippen molar-refractivity contribution in [3.05, 3.63) is 25.8 Å². The van der Waals surface area contributed by atoms with Crippen molar-refractivity contribution in [2.24, 2.45) is 0 Å². The Morgan fingerprint density at radius 1 is 1.16 bits per heavy atom. The Morgan fingerprint density at radius 3 is 1.68 bits per heavy atom. The summed E-state index contributed by atoms with van der Waals surface area (Å²) in [4.78, 5) is 21.1. The van der Waals surface area contributed by atoms with Gasteiger partial charge in [0.1, 0.15) is 0 Å². The molecular formula is C9H14Na2O7S. The average Bonchev–Trinajstić information content (AvgIpc) is 2.17. The van der Waals surface area contributed by atoms with Crippen LogP contribution in [0.3, 0.4) is 0 Å². The summed E-state index contributed by atoms with van der Waals surface area (Å²) in [7, 11) is -5.03. The number of carbonyl (C=O) groups is 2. The van der Waals surface area contributed by atoms with Gasteiger partial charge in [0.15, 0.2) is 0 Å². The maximum atomic E-state index is 10.9. The molecule has 0 aromatic heterocycles. The van der Waals surface area contributed by atoms with E-state index in [1.54, 1.807) is 0 Å². The van der Waals surface area contributed by atoms with Crippen molar-refractivity contribution in [1.82, 2.24) is 0 Å². The van der Waals surface area contributed by atoms with Gasteiger partial charge >= 0.3 is 11.9 Å². The van der Waals surface area contributed by atoms with Crippen molar-refractivity contribution in [3.63, 3.8) is 0 Å². The molecule has 10 heteroatoms. The minimum atomic E-state index is -5.03. The molecule has 0 rings (SSSR count). The van der Waals surface area contributed by atoms with Gasteiger partial charge in [0.2, 0.25) is 4.75 Å². The third-order valence-electron chi connectivity index (χ3n) is 1.79. The van der Waals surface area contributed by atoms with Crippen LogP contribution in [-0.2, 0) is 19.7 Å². The van der Waals surface area contributed by atoms with Gasteiger partial charge in [0, 0.05) is 59.1 Å². The first kappa shape index (κ1) is 27.6. The van der Waals surface area contributed by atoms with E-state index in [-0.39, 0.29) is 59.1 Å². The summed E-state index contributed by atoms with van der Waals surface area (Å²) in [5.74, 6) is -3.57. The molecule has 19 heavy (non-hydrogen) atoms. The molecule has 0 amide bonds. The standard InChI is InChI=1S/C7H10O7S.C2H4.2Na/c1-2-3-7(6(10)11,4-5(8)9)15(12,13)14;1-2;;/h2H,1,3-4H2,(H,8,9)(H,10,11)(H,12,13,14);1-2H2;;. The quantitative estimate of drug-likeness (QED) is 0.351. The second-order valence-electron chi connectivity index (χ2n) is 2.84. The molecule has 0 fully saturated rings. The Labute approximate surface area is 156 Å². The summed E-state index contributed by atoms with van der Waals surface area (Å²) >= 11 is 0. The van der Waals surface area contributed by atoms with Crippen molar-refractivity contribution in [3.8, 4) is 0 Å². The topological polar surface area (TPSA) is 129 Å². The van der Waals surface area contributed by atoms with E-state index in [0.717, 1.165) is 6.08 Å². The van der Waals surface area contributed by atoms with E-state index in [2.05, 4.69) is 19.7 Å². The van der Waals surface area contributed by atoms with Crippen molar-refractivity contribution >= 4 is 81.2 Å². The van der Waals surface area contributed by atoms with E-state index in [1.807, 2.05) is 0 Å². The van der Waals surface area contributed by atoms with Gasteiger partial charge in [-0.15, -0.1) is 19.7 Å². The molecule has 0 aliphatic heterocycles. The van der Waals surface area contributed by atoms with E-state index < -0.39 is 39.6 Å². The summed E-state index contributed by atoms with van der Waals surface area (Å²) in [6, 6.07) is 0. The number of hydrogen-bond donors (Lipinski definition) is 3. The van der Waals surface area contributed by atoms with Gasteiger partial charge in [0.05, 0.1) is 6.42 Å². The first-order valence-corrected chi connectivity index (χ1v) is 5.64. The van der Waals surface area contributed by atoms with Crippen LogP contribution in [0, 0.1) is 0 Å². The van der Waals surface area contributed by atoms with E-state index in [1.165, 1.54) is 0 Å². The molecule has 7 nitrogen and oxygen atoms in total. The number of carboxylic acid groups (broad SMARTS) is 2. The number of rotatable bonds is 6. The van der Waals surface area contributed by atoms with Gasteiger partial charge in [-0.25, -0.2) is 0 Å². The van der Waals surface area contributed by atoms with Gasteiger partial charge in [-0.05, 0) is 6.42 Å². The Kier molecular flexibility index (Phi) is 17.6. The molecule has 0 spiro atoms. The molecule has 0 aromatic rings. The molecule has 0 aromatic carbocycles. The van der Waals surface area contributed by atoms with Crippen molar-refractivity contribution in [2.75, 3.05) is 0 Å². The second-order valence-corrected chi connectivity index (χ2v) is 4.57. The van der Waals surface area contributed by atoms with Crippen LogP contribution in [0.2, 0.25) is 0 Å². The molecule has 0 aliphatic carbocycles. The maximum absolute atomic E-state index is 10.9. The van der Waals surface area contributed by atoms with Crippen molar-refractivity contribution < 1.29 is 32.8 Å². The van der Waals surface area contributed by atoms with Crippen LogP contribution in [-0.4, -0.2) is 99.0 Å². The van der Waals surface area contributed by atoms with E-state index >= 15 is 0 Å². The van der Waals surface area contributed by atoms with Gasteiger partial charge in [-0.3, -0.25) is 14.1 Å². The molecule has 100 valence electrons. The molecule has 1 unspecified atom stereocenters. The van der Waals surface area contributed by atoms with Gasteiger partial charge in [0.25, 0.3) is 10.1 Å². The zero-order chi connectivity index (χ0) is 14.3.